The van der Waals surface area contributed by atoms with Gasteiger partial charge in [-0.3, -0.25) is 4.79 Å². The van der Waals surface area contributed by atoms with Gasteiger partial charge in [-0.2, -0.15) is 0 Å². The lowest BCUT2D eigenvalue weighted by atomic mass is 9.70. The van der Waals surface area contributed by atoms with E-state index in [1.54, 1.807) is 0 Å². The van der Waals surface area contributed by atoms with Crippen LogP contribution in [-0.2, 0) is 4.79 Å². The van der Waals surface area contributed by atoms with Crippen LogP contribution < -0.4 is 5.73 Å². The van der Waals surface area contributed by atoms with Crippen molar-refractivity contribution in [3.63, 3.8) is 0 Å². The topological polar surface area (TPSA) is 80.4 Å². The molecule has 2 atom stereocenters. The molecule has 0 saturated heterocycles. The molecule has 4 heteroatoms. The summed E-state index contributed by atoms with van der Waals surface area (Å²) in [5.41, 5.74) is 4.34. The Morgan fingerprint density at radius 2 is 1.93 bits per heavy atom. The predicted molar refractivity (Wildman–Crippen MR) is 56.4 cm³/mol. The Balaban J connectivity index is 0.000000245. The Hall–Kier alpha value is -1.06. The number of primary amides is 1. The van der Waals surface area contributed by atoms with Gasteiger partial charge in [0.1, 0.15) is 5.78 Å². The third-order valence-electron chi connectivity index (χ3n) is 4.48. The summed E-state index contributed by atoms with van der Waals surface area (Å²) in [6, 6.07) is 0. The number of carboxylic acid groups (broad SMARTS) is 1. The molecule has 0 aromatic rings. The maximum atomic E-state index is 11.6. The Morgan fingerprint density at radius 3 is 2.07 bits per heavy atom. The molecule has 2 aliphatic carbocycles. The molecule has 0 spiro atoms. The molecule has 2 saturated carbocycles. The molecule has 0 radical (unpaired) electrons. The number of hydrogen-bond donors (Lipinski definition) is 2. The van der Waals surface area contributed by atoms with E-state index >= 15 is 0 Å². The molecule has 86 valence electrons. The zero-order valence-corrected chi connectivity index (χ0v) is 9.54. The van der Waals surface area contributed by atoms with Crippen LogP contribution in [0.1, 0.15) is 40.0 Å². The van der Waals surface area contributed by atoms with Gasteiger partial charge in [0, 0.05) is 11.8 Å². The summed E-state index contributed by atoms with van der Waals surface area (Å²) in [6.45, 7) is 6.67. The minimum atomic E-state index is -1.33. The predicted octanol–water partition coefficient (Wildman–Crippen LogP) is 2.02. The molecule has 0 aliphatic heterocycles. The minimum Gasteiger partial charge on any atom is -0.465 e. The number of ketones is 1. The number of fused-ring (bicyclic) bond motifs is 2. The van der Waals surface area contributed by atoms with Gasteiger partial charge in [-0.05, 0) is 24.2 Å². The van der Waals surface area contributed by atoms with E-state index in [2.05, 4.69) is 26.5 Å². The van der Waals surface area contributed by atoms with Crippen LogP contribution in [0, 0.1) is 16.7 Å². The van der Waals surface area contributed by atoms with Crippen LogP contribution in [0.3, 0.4) is 0 Å². The Bertz CT molecular complexity index is 294. The van der Waals surface area contributed by atoms with Crippen LogP contribution in [0.15, 0.2) is 0 Å². The fourth-order valence-electron chi connectivity index (χ4n) is 2.90. The lowest BCUT2D eigenvalue weighted by Crippen LogP contribution is -2.32. The molecule has 4 nitrogen and oxygen atoms in total. The van der Waals surface area contributed by atoms with Gasteiger partial charge in [0.2, 0.25) is 0 Å². The highest BCUT2D eigenvalue weighted by Crippen LogP contribution is 2.63. The second kappa shape index (κ2) is 3.51. The van der Waals surface area contributed by atoms with E-state index in [4.69, 9.17) is 9.90 Å². The summed E-state index contributed by atoms with van der Waals surface area (Å²) in [4.78, 5) is 20.4. The van der Waals surface area contributed by atoms with Crippen molar-refractivity contribution in [2.75, 3.05) is 0 Å². The van der Waals surface area contributed by atoms with Crippen molar-refractivity contribution in [1.82, 2.24) is 0 Å². The molecule has 0 heterocycles. The fraction of sp³-hybridized carbons (Fsp3) is 0.818. The van der Waals surface area contributed by atoms with Crippen LogP contribution in [0.25, 0.3) is 0 Å². The number of amides is 1. The zero-order chi connectivity index (χ0) is 11.9. The van der Waals surface area contributed by atoms with Crippen molar-refractivity contribution in [1.29, 1.82) is 0 Å². The first-order valence-electron chi connectivity index (χ1n) is 5.23. The van der Waals surface area contributed by atoms with Gasteiger partial charge >= 0.3 is 6.09 Å². The smallest absolute Gasteiger partial charge is 0.402 e. The van der Waals surface area contributed by atoms with Crippen LogP contribution in [0.5, 0.6) is 0 Å². The summed E-state index contributed by atoms with van der Waals surface area (Å²) >= 11 is 0. The second-order valence-corrected chi connectivity index (χ2v) is 5.25. The van der Waals surface area contributed by atoms with E-state index in [1.807, 2.05) is 0 Å². The molecular formula is C11H19NO3. The lowest BCUT2D eigenvalue weighted by molar-refractivity contribution is -0.128. The van der Waals surface area contributed by atoms with Crippen LogP contribution in [0.2, 0.25) is 0 Å². The molecule has 0 aromatic carbocycles. The van der Waals surface area contributed by atoms with Gasteiger partial charge in [-0.15, -0.1) is 0 Å². The molecule has 15 heavy (non-hydrogen) atoms. The van der Waals surface area contributed by atoms with E-state index in [0.717, 1.165) is 12.8 Å². The third kappa shape index (κ3) is 1.73. The maximum absolute atomic E-state index is 11.6. The highest BCUT2D eigenvalue weighted by Gasteiger charge is 2.61. The van der Waals surface area contributed by atoms with E-state index in [0.29, 0.717) is 11.7 Å². The van der Waals surface area contributed by atoms with E-state index in [9.17, 15) is 4.79 Å². The van der Waals surface area contributed by atoms with Crippen molar-refractivity contribution in [2.45, 2.75) is 40.0 Å². The molecule has 2 unspecified atom stereocenters. The Morgan fingerprint density at radius 1 is 1.47 bits per heavy atom. The number of rotatable bonds is 0. The normalized spacial score (nSPS) is 35.9. The van der Waals surface area contributed by atoms with Crippen molar-refractivity contribution in [3.05, 3.63) is 0 Å². The highest BCUT2D eigenvalue weighted by atomic mass is 16.4. The number of nitrogens with two attached hydrogens (primary N) is 1. The van der Waals surface area contributed by atoms with Crippen LogP contribution >= 0.6 is 0 Å². The second-order valence-electron chi connectivity index (χ2n) is 5.25. The number of hydrogen-bond acceptors (Lipinski definition) is 2. The molecule has 0 aromatic heterocycles. The standard InChI is InChI=1S/C10H16O.CH3NO2/c1-9(2)7-4-5-10(9,3)8(11)6-7;2-1(3)4/h7H,4-6H2,1-3H3;2H2,(H,3,4). The SMILES string of the molecule is CC12CCC(CC1=O)C2(C)C.NC(=O)O. The monoisotopic (exact) mass is 213 g/mol. The zero-order valence-electron chi connectivity index (χ0n) is 9.54. The summed E-state index contributed by atoms with van der Waals surface area (Å²) in [5, 5.41) is 7.19. The molecule has 2 aliphatic rings. The average Bonchev–Trinajstić information content (AvgIpc) is 2.36. The van der Waals surface area contributed by atoms with E-state index in [1.165, 1.54) is 6.42 Å². The van der Waals surface area contributed by atoms with Crippen LogP contribution in [0.4, 0.5) is 4.79 Å². The molecular weight excluding hydrogens is 194 g/mol. The Kier molecular flexibility index (Phi) is 2.81. The number of Topliss-reactive ketones (excluding diaryl/α,β-unsaturated/α-hetero) is 1. The summed E-state index contributed by atoms with van der Waals surface area (Å²) in [7, 11) is 0. The molecule has 2 bridgehead atoms. The summed E-state index contributed by atoms with van der Waals surface area (Å²) < 4.78 is 0. The minimum absolute atomic E-state index is 0.0255. The molecule has 1 amide bonds. The van der Waals surface area contributed by atoms with Crippen molar-refractivity contribution < 1.29 is 14.7 Å². The lowest BCUT2D eigenvalue weighted by Gasteiger charge is -2.32. The van der Waals surface area contributed by atoms with Crippen LogP contribution in [-0.4, -0.2) is 17.0 Å². The highest BCUT2D eigenvalue weighted by molar-refractivity contribution is 5.89. The first kappa shape index (κ1) is 12.0. The van der Waals surface area contributed by atoms with Crippen molar-refractivity contribution in [3.8, 4) is 0 Å². The Labute approximate surface area is 89.8 Å². The average molecular weight is 213 g/mol. The van der Waals surface area contributed by atoms with Crippen molar-refractivity contribution in [2.24, 2.45) is 22.5 Å². The first-order chi connectivity index (χ1) is 6.72. The van der Waals surface area contributed by atoms with Gasteiger partial charge in [0.15, 0.2) is 0 Å². The largest absolute Gasteiger partial charge is 0.465 e. The van der Waals surface area contributed by atoms with E-state index in [-0.39, 0.29) is 10.8 Å². The summed E-state index contributed by atoms with van der Waals surface area (Å²) in [5.74, 6) is 1.19. The fourth-order valence-corrected chi connectivity index (χ4v) is 2.90. The van der Waals surface area contributed by atoms with Gasteiger partial charge in [-0.25, -0.2) is 4.79 Å². The van der Waals surface area contributed by atoms with Gasteiger partial charge < -0.3 is 10.8 Å². The molecule has 2 fully saturated rings. The molecule has 2 rings (SSSR count). The third-order valence-corrected chi connectivity index (χ3v) is 4.48. The van der Waals surface area contributed by atoms with Gasteiger partial charge in [0.05, 0.1) is 0 Å². The maximum Gasteiger partial charge on any atom is 0.402 e. The number of carbonyl (C=O) groups is 2. The van der Waals surface area contributed by atoms with Gasteiger partial charge in [0.25, 0.3) is 0 Å². The quantitative estimate of drug-likeness (QED) is 0.646. The van der Waals surface area contributed by atoms with Gasteiger partial charge in [-0.1, -0.05) is 20.8 Å². The summed E-state index contributed by atoms with van der Waals surface area (Å²) in [6.07, 6.45) is 1.92. The number of carbonyl (C=O) groups excluding carboxylic acids is 1. The van der Waals surface area contributed by atoms with Crippen molar-refractivity contribution >= 4 is 11.9 Å². The molecule has 3 N–H and O–H groups in total. The first-order valence-corrected chi connectivity index (χ1v) is 5.23. The van der Waals surface area contributed by atoms with E-state index < -0.39 is 6.09 Å².